The molecule has 0 radical (unpaired) electrons. The molecule has 2 unspecified atom stereocenters. The Balaban J connectivity index is 2.54. The summed E-state index contributed by atoms with van der Waals surface area (Å²) in [4.78, 5) is 21.8. The topological polar surface area (TPSA) is 92.5 Å². The number of nitrogens with one attached hydrogen (secondary N) is 1. The monoisotopic (exact) mass is 292 g/mol. The number of amides is 1. The molecular formula is C15H20N2O4. The number of aliphatic hydroxyl groups excluding tert-OH is 1. The van der Waals surface area contributed by atoms with Crippen LogP contribution in [0.15, 0.2) is 30.3 Å². The molecule has 0 aliphatic carbocycles. The maximum absolute atomic E-state index is 11.6. The molecular weight excluding hydrogens is 272 g/mol. The van der Waals surface area contributed by atoms with Crippen LogP contribution in [0.4, 0.5) is 5.69 Å². The predicted molar refractivity (Wildman–Crippen MR) is 80.6 cm³/mol. The van der Waals surface area contributed by atoms with Gasteiger partial charge in [0.15, 0.2) is 0 Å². The minimum Gasteiger partial charge on any atom is -0.391 e. The van der Waals surface area contributed by atoms with Crippen molar-refractivity contribution in [2.75, 3.05) is 6.54 Å². The third-order valence-corrected chi connectivity index (χ3v) is 3.29. The number of non-ortho nitro benzene ring substituents is 1. The van der Waals surface area contributed by atoms with E-state index in [1.54, 1.807) is 12.1 Å². The maximum Gasteiger partial charge on any atom is 0.270 e. The molecule has 6 heteroatoms. The van der Waals surface area contributed by atoms with E-state index in [0.717, 1.165) is 6.42 Å². The van der Waals surface area contributed by atoms with Crippen molar-refractivity contribution in [2.45, 2.75) is 26.4 Å². The molecule has 21 heavy (non-hydrogen) atoms. The van der Waals surface area contributed by atoms with Gasteiger partial charge in [0.2, 0.25) is 5.91 Å². The summed E-state index contributed by atoms with van der Waals surface area (Å²) in [6.45, 7) is 4.07. The van der Waals surface area contributed by atoms with Gasteiger partial charge < -0.3 is 10.4 Å². The van der Waals surface area contributed by atoms with E-state index in [1.165, 1.54) is 24.3 Å². The molecule has 0 saturated carbocycles. The van der Waals surface area contributed by atoms with E-state index in [0.29, 0.717) is 5.56 Å². The largest absolute Gasteiger partial charge is 0.391 e. The van der Waals surface area contributed by atoms with Crippen LogP contribution in [0.25, 0.3) is 6.08 Å². The minimum atomic E-state index is -0.579. The van der Waals surface area contributed by atoms with E-state index in [-0.39, 0.29) is 24.1 Å². The van der Waals surface area contributed by atoms with Crippen molar-refractivity contribution in [2.24, 2.45) is 5.92 Å². The normalized spacial score (nSPS) is 13.9. The molecule has 0 bridgehead atoms. The number of benzene rings is 1. The fourth-order valence-corrected chi connectivity index (χ4v) is 1.65. The summed E-state index contributed by atoms with van der Waals surface area (Å²) in [5.74, 6) is -0.227. The van der Waals surface area contributed by atoms with Gasteiger partial charge in [0.05, 0.1) is 11.0 Å². The van der Waals surface area contributed by atoms with E-state index >= 15 is 0 Å². The van der Waals surface area contributed by atoms with Gasteiger partial charge in [0.1, 0.15) is 0 Å². The molecule has 1 aromatic carbocycles. The van der Waals surface area contributed by atoms with Crippen molar-refractivity contribution < 1.29 is 14.8 Å². The van der Waals surface area contributed by atoms with Gasteiger partial charge in [0, 0.05) is 24.8 Å². The molecule has 114 valence electrons. The van der Waals surface area contributed by atoms with Gasteiger partial charge in [-0.15, -0.1) is 0 Å². The zero-order valence-electron chi connectivity index (χ0n) is 12.2. The first kappa shape index (κ1) is 16.8. The van der Waals surface area contributed by atoms with Crippen LogP contribution in [0.1, 0.15) is 25.8 Å². The summed E-state index contributed by atoms with van der Waals surface area (Å²) in [5.41, 5.74) is 0.548. The van der Waals surface area contributed by atoms with Crippen LogP contribution >= 0.6 is 0 Å². The molecule has 0 spiro atoms. The molecule has 0 heterocycles. The highest BCUT2D eigenvalue weighted by atomic mass is 16.6. The minimum absolute atomic E-state index is 0.0234. The summed E-state index contributed by atoms with van der Waals surface area (Å²) in [7, 11) is 0. The summed E-state index contributed by atoms with van der Waals surface area (Å²) < 4.78 is 0. The Morgan fingerprint density at radius 1 is 1.52 bits per heavy atom. The Morgan fingerprint density at radius 3 is 2.86 bits per heavy atom. The molecule has 0 aromatic heterocycles. The Kier molecular flexibility index (Phi) is 6.55. The second-order valence-electron chi connectivity index (χ2n) is 4.88. The smallest absolute Gasteiger partial charge is 0.270 e. The Labute approximate surface area is 123 Å². The zero-order valence-corrected chi connectivity index (χ0v) is 12.2. The number of nitrogens with zero attached hydrogens (tertiary/aromatic N) is 1. The lowest BCUT2D eigenvalue weighted by atomic mass is 10.0. The first-order valence-corrected chi connectivity index (χ1v) is 6.82. The fourth-order valence-electron chi connectivity index (χ4n) is 1.65. The van der Waals surface area contributed by atoms with Crippen LogP contribution < -0.4 is 5.32 Å². The summed E-state index contributed by atoms with van der Waals surface area (Å²) in [6, 6.07) is 6.00. The predicted octanol–water partition coefficient (Wildman–Crippen LogP) is 2.13. The van der Waals surface area contributed by atoms with Gasteiger partial charge in [-0.25, -0.2) is 0 Å². The molecule has 1 amide bonds. The zero-order chi connectivity index (χ0) is 15.8. The Morgan fingerprint density at radius 2 is 2.24 bits per heavy atom. The SMILES string of the molecule is CCC(C)C(O)CNC(=O)/C=C/c1cccc([N+](=O)[O-])c1. The molecule has 6 nitrogen and oxygen atoms in total. The number of nitro groups is 1. The number of hydrogen-bond acceptors (Lipinski definition) is 4. The van der Waals surface area contributed by atoms with E-state index in [2.05, 4.69) is 5.32 Å². The van der Waals surface area contributed by atoms with E-state index in [9.17, 15) is 20.0 Å². The molecule has 2 atom stereocenters. The quantitative estimate of drug-likeness (QED) is 0.457. The van der Waals surface area contributed by atoms with E-state index in [4.69, 9.17) is 0 Å². The van der Waals surface area contributed by atoms with Crippen LogP contribution in [-0.2, 0) is 4.79 Å². The van der Waals surface area contributed by atoms with Gasteiger partial charge in [-0.1, -0.05) is 32.4 Å². The number of aliphatic hydroxyl groups is 1. The van der Waals surface area contributed by atoms with Crippen molar-refractivity contribution in [1.82, 2.24) is 5.32 Å². The van der Waals surface area contributed by atoms with Crippen LogP contribution in [0.3, 0.4) is 0 Å². The van der Waals surface area contributed by atoms with Crippen LogP contribution in [0.5, 0.6) is 0 Å². The summed E-state index contributed by atoms with van der Waals surface area (Å²) in [5, 5.41) is 23.0. The molecule has 1 rings (SSSR count). The average Bonchev–Trinajstić information content (AvgIpc) is 2.49. The van der Waals surface area contributed by atoms with Gasteiger partial charge in [-0.3, -0.25) is 14.9 Å². The standard InChI is InChI=1S/C15H20N2O4/c1-3-11(2)14(18)10-16-15(19)8-7-12-5-4-6-13(9-12)17(20)21/h4-9,11,14,18H,3,10H2,1-2H3,(H,16,19)/b8-7+. The third-order valence-electron chi connectivity index (χ3n) is 3.29. The molecule has 0 fully saturated rings. The van der Waals surface area contributed by atoms with Crippen molar-refractivity contribution in [3.8, 4) is 0 Å². The third kappa shape index (κ3) is 5.74. The lowest BCUT2D eigenvalue weighted by Crippen LogP contribution is -2.34. The molecule has 1 aromatic rings. The van der Waals surface area contributed by atoms with Gasteiger partial charge in [-0.05, 0) is 17.6 Å². The molecule has 0 aliphatic rings. The van der Waals surface area contributed by atoms with E-state index < -0.39 is 11.0 Å². The average molecular weight is 292 g/mol. The summed E-state index contributed by atoms with van der Waals surface area (Å²) in [6.07, 6.45) is 3.05. The maximum atomic E-state index is 11.6. The van der Waals surface area contributed by atoms with Gasteiger partial charge in [0.25, 0.3) is 5.69 Å². The van der Waals surface area contributed by atoms with Crippen molar-refractivity contribution in [3.63, 3.8) is 0 Å². The number of rotatable bonds is 7. The lowest BCUT2D eigenvalue weighted by Gasteiger charge is -2.16. The first-order chi connectivity index (χ1) is 9.93. The van der Waals surface area contributed by atoms with E-state index in [1.807, 2.05) is 13.8 Å². The number of hydrogen-bond donors (Lipinski definition) is 2. The summed E-state index contributed by atoms with van der Waals surface area (Å²) >= 11 is 0. The van der Waals surface area contributed by atoms with Gasteiger partial charge in [-0.2, -0.15) is 0 Å². The number of carbonyl (C=O) groups is 1. The van der Waals surface area contributed by atoms with Gasteiger partial charge >= 0.3 is 0 Å². The van der Waals surface area contributed by atoms with Crippen LogP contribution in [-0.4, -0.2) is 28.6 Å². The number of carbonyl (C=O) groups excluding carboxylic acids is 1. The lowest BCUT2D eigenvalue weighted by molar-refractivity contribution is -0.384. The second kappa shape index (κ2) is 8.16. The highest BCUT2D eigenvalue weighted by Crippen LogP contribution is 2.14. The first-order valence-electron chi connectivity index (χ1n) is 6.82. The highest BCUT2D eigenvalue weighted by Gasteiger charge is 2.12. The second-order valence-corrected chi connectivity index (χ2v) is 4.88. The highest BCUT2D eigenvalue weighted by molar-refractivity contribution is 5.91. The number of nitro benzene ring substituents is 1. The van der Waals surface area contributed by atoms with Crippen molar-refractivity contribution >= 4 is 17.7 Å². The molecule has 2 N–H and O–H groups in total. The Hall–Kier alpha value is -2.21. The van der Waals surface area contributed by atoms with Crippen molar-refractivity contribution in [3.05, 3.63) is 46.0 Å². The molecule has 0 saturated heterocycles. The van der Waals surface area contributed by atoms with Crippen LogP contribution in [0, 0.1) is 16.0 Å². The fraction of sp³-hybridized carbons (Fsp3) is 0.400. The van der Waals surface area contributed by atoms with Crippen LogP contribution in [0.2, 0.25) is 0 Å². The molecule has 0 aliphatic heterocycles. The Bertz CT molecular complexity index is 528. The van der Waals surface area contributed by atoms with Crippen molar-refractivity contribution in [1.29, 1.82) is 0 Å².